The molecular weight excluding hydrogens is 413 g/mol. The van der Waals surface area contributed by atoms with Crippen LogP contribution >= 0.6 is 23.5 Å². The van der Waals surface area contributed by atoms with Crippen LogP contribution in [0.3, 0.4) is 0 Å². The number of anilines is 3. The van der Waals surface area contributed by atoms with Gasteiger partial charge in [0, 0.05) is 19.6 Å². The molecule has 4 aromatic carbocycles. The van der Waals surface area contributed by atoms with Crippen LogP contribution in [0.1, 0.15) is 16.7 Å². The normalized spacial score (nSPS) is 14.5. The highest BCUT2D eigenvalue weighted by molar-refractivity contribution is 8.00. The van der Waals surface area contributed by atoms with Crippen molar-refractivity contribution in [1.82, 2.24) is 0 Å². The number of para-hydroxylation sites is 3. The lowest BCUT2D eigenvalue weighted by Crippen LogP contribution is -2.59. The lowest BCUT2D eigenvalue weighted by molar-refractivity contribution is 1.09. The van der Waals surface area contributed by atoms with Gasteiger partial charge in [0.25, 0.3) is 0 Å². The Morgan fingerprint density at radius 1 is 0.613 bits per heavy atom. The molecule has 0 atom stereocenters. The summed E-state index contributed by atoms with van der Waals surface area (Å²) in [5.41, 5.74) is 12.6. The SMILES string of the molecule is Cc1cc(C)c(B2c3cccc4c3N3c5c(cccc5Sc5cccc2c53)S4)c(C)c1. The van der Waals surface area contributed by atoms with Crippen LogP contribution in [0, 0.1) is 20.8 Å². The number of rotatable bonds is 1. The van der Waals surface area contributed by atoms with Gasteiger partial charge < -0.3 is 4.90 Å². The van der Waals surface area contributed by atoms with Crippen LogP contribution in [-0.2, 0) is 0 Å². The Morgan fingerprint density at radius 2 is 1.06 bits per heavy atom. The number of hydrogen-bond acceptors (Lipinski definition) is 3. The number of nitrogens with zero attached hydrogens (tertiary/aromatic N) is 1. The number of hydrogen-bond donors (Lipinski definition) is 0. The Bertz CT molecular complexity index is 1340. The maximum absolute atomic E-state index is 2.57. The molecule has 0 fully saturated rings. The molecule has 3 aliphatic heterocycles. The van der Waals surface area contributed by atoms with Gasteiger partial charge in [0.15, 0.2) is 0 Å². The first-order chi connectivity index (χ1) is 15.1. The van der Waals surface area contributed by atoms with Crippen LogP contribution in [0.2, 0.25) is 0 Å². The van der Waals surface area contributed by atoms with E-state index in [1.165, 1.54) is 69.7 Å². The average Bonchev–Trinajstić information content (AvgIpc) is 2.75. The van der Waals surface area contributed by atoms with Gasteiger partial charge in [-0.05, 0) is 56.0 Å². The predicted molar refractivity (Wildman–Crippen MR) is 135 cm³/mol. The summed E-state index contributed by atoms with van der Waals surface area (Å²) in [6.45, 7) is 7.02. The molecule has 0 N–H and O–H groups in total. The van der Waals surface area contributed by atoms with Crippen molar-refractivity contribution in [2.24, 2.45) is 0 Å². The largest absolute Gasteiger partial charge is 0.307 e. The van der Waals surface area contributed by atoms with Crippen LogP contribution in [-0.4, -0.2) is 6.71 Å². The Morgan fingerprint density at radius 3 is 1.58 bits per heavy atom. The monoisotopic (exact) mass is 433 g/mol. The van der Waals surface area contributed by atoms with Crippen LogP contribution in [0.25, 0.3) is 0 Å². The van der Waals surface area contributed by atoms with E-state index in [1.807, 2.05) is 23.5 Å². The molecule has 3 aliphatic rings. The van der Waals surface area contributed by atoms with Crippen LogP contribution in [0.15, 0.2) is 86.3 Å². The van der Waals surface area contributed by atoms with E-state index in [1.54, 1.807) is 0 Å². The molecule has 7 rings (SSSR count). The molecule has 148 valence electrons. The molecule has 1 nitrogen and oxygen atoms in total. The molecule has 0 spiro atoms. The second-order valence-corrected chi connectivity index (χ2v) is 10.9. The van der Waals surface area contributed by atoms with Crippen molar-refractivity contribution in [2.75, 3.05) is 4.90 Å². The van der Waals surface area contributed by atoms with Crippen molar-refractivity contribution in [1.29, 1.82) is 0 Å². The second-order valence-electron chi connectivity index (χ2n) is 8.78. The molecule has 0 saturated carbocycles. The third kappa shape index (κ3) is 2.32. The zero-order valence-electron chi connectivity index (χ0n) is 17.7. The van der Waals surface area contributed by atoms with Crippen molar-refractivity contribution >= 4 is 63.7 Å². The lowest BCUT2D eigenvalue weighted by atomic mass is 9.34. The van der Waals surface area contributed by atoms with Gasteiger partial charge >= 0.3 is 0 Å². The average molecular weight is 433 g/mol. The van der Waals surface area contributed by atoms with Gasteiger partial charge in [0.05, 0.1) is 17.1 Å². The van der Waals surface area contributed by atoms with Gasteiger partial charge in [-0.3, -0.25) is 0 Å². The summed E-state index contributed by atoms with van der Waals surface area (Å²) >= 11 is 3.84. The minimum Gasteiger partial charge on any atom is -0.307 e. The van der Waals surface area contributed by atoms with E-state index >= 15 is 0 Å². The molecule has 0 bridgehead atoms. The Kier molecular flexibility index (Phi) is 3.64. The third-order valence-corrected chi connectivity index (χ3v) is 8.98. The van der Waals surface area contributed by atoms with Gasteiger partial charge in [0.1, 0.15) is 0 Å². The fraction of sp³-hybridized carbons (Fsp3) is 0.111. The Labute approximate surface area is 192 Å². The highest BCUT2D eigenvalue weighted by Gasteiger charge is 2.43. The van der Waals surface area contributed by atoms with Gasteiger partial charge in [-0.25, -0.2) is 0 Å². The summed E-state index contributed by atoms with van der Waals surface area (Å²) in [5.74, 6) is 0. The highest BCUT2D eigenvalue weighted by atomic mass is 32.2. The van der Waals surface area contributed by atoms with Gasteiger partial charge in [-0.2, -0.15) is 0 Å². The molecule has 0 amide bonds. The van der Waals surface area contributed by atoms with Crippen LogP contribution in [0.5, 0.6) is 0 Å². The van der Waals surface area contributed by atoms with Crippen LogP contribution < -0.4 is 21.3 Å². The number of aryl methyl sites for hydroxylation is 3. The Hall–Kier alpha value is -2.56. The summed E-state index contributed by atoms with van der Waals surface area (Å²) in [7, 11) is 0. The van der Waals surface area contributed by atoms with Gasteiger partial charge in [0.2, 0.25) is 6.71 Å². The second kappa shape index (κ2) is 6.24. The quantitative estimate of drug-likeness (QED) is 0.300. The molecule has 0 saturated heterocycles. The first kappa shape index (κ1) is 18.1. The maximum atomic E-state index is 2.57. The van der Waals surface area contributed by atoms with E-state index in [9.17, 15) is 0 Å². The smallest absolute Gasteiger partial charge is 0.247 e. The predicted octanol–water partition coefficient (Wildman–Crippen LogP) is 5.84. The van der Waals surface area contributed by atoms with Gasteiger partial charge in [-0.15, -0.1) is 0 Å². The molecular formula is C27H20BNS2. The summed E-state index contributed by atoms with van der Waals surface area (Å²) in [5, 5.41) is 0. The van der Waals surface area contributed by atoms with E-state index in [0.29, 0.717) is 0 Å². The van der Waals surface area contributed by atoms with E-state index in [4.69, 9.17) is 0 Å². The number of benzene rings is 4. The molecule has 4 heteroatoms. The Balaban J connectivity index is 1.62. The zero-order valence-corrected chi connectivity index (χ0v) is 19.3. The molecule has 31 heavy (non-hydrogen) atoms. The van der Waals surface area contributed by atoms with Crippen molar-refractivity contribution < 1.29 is 0 Å². The maximum Gasteiger partial charge on any atom is 0.247 e. The molecule has 0 aromatic heterocycles. The summed E-state index contributed by atoms with van der Waals surface area (Å²) in [6, 6.07) is 25.2. The standard InChI is InChI=1S/C27H20BNS2/c1-15-13-16(2)24(17(3)14-15)28-18-7-4-9-20-25(18)29-26-19(28)8-5-10-21(26)31-23-12-6-11-22(30-20)27(23)29/h4-14H,1-3H3. The fourth-order valence-corrected chi connectivity index (χ4v) is 8.10. The third-order valence-electron chi connectivity index (χ3n) is 6.78. The molecule has 4 aromatic rings. The molecule has 0 unspecified atom stereocenters. The van der Waals surface area contributed by atoms with Crippen molar-refractivity contribution in [2.45, 2.75) is 40.4 Å². The zero-order chi connectivity index (χ0) is 20.9. The van der Waals surface area contributed by atoms with Crippen molar-refractivity contribution in [3.05, 3.63) is 83.4 Å². The minimum absolute atomic E-state index is 0.259. The minimum atomic E-state index is 0.259. The highest BCUT2D eigenvalue weighted by Crippen LogP contribution is 2.59. The fourth-order valence-electron chi connectivity index (χ4n) is 5.77. The van der Waals surface area contributed by atoms with E-state index < -0.39 is 0 Å². The lowest BCUT2D eigenvalue weighted by Gasteiger charge is -2.45. The molecule has 0 radical (unpaired) electrons. The van der Waals surface area contributed by atoms with E-state index in [0.717, 1.165) is 0 Å². The summed E-state index contributed by atoms with van der Waals surface area (Å²) < 4.78 is 0. The van der Waals surface area contributed by atoms with Crippen LogP contribution in [0.4, 0.5) is 17.1 Å². The topological polar surface area (TPSA) is 3.24 Å². The van der Waals surface area contributed by atoms with Crippen molar-refractivity contribution in [3.8, 4) is 0 Å². The molecule has 0 aliphatic carbocycles. The summed E-state index contributed by atoms with van der Waals surface area (Å²) in [6.07, 6.45) is 0. The van der Waals surface area contributed by atoms with Crippen molar-refractivity contribution in [3.63, 3.8) is 0 Å². The van der Waals surface area contributed by atoms with E-state index in [2.05, 4.69) is 92.4 Å². The first-order valence-corrected chi connectivity index (χ1v) is 12.4. The molecule has 3 heterocycles. The first-order valence-electron chi connectivity index (χ1n) is 10.7. The van der Waals surface area contributed by atoms with Gasteiger partial charge in [-0.1, -0.05) is 88.1 Å². The van der Waals surface area contributed by atoms with E-state index in [-0.39, 0.29) is 6.71 Å². The summed E-state index contributed by atoms with van der Waals surface area (Å²) in [4.78, 5) is 8.01.